The Morgan fingerprint density at radius 3 is 2.56 bits per heavy atom. The van der Waals surface area contributed by atoms with E-state index in [2.05, 4.69) is 15.6 Å². The maximum atomic E-state index is 11.7. The summed E-state index contributed by atoms with van der Waals surface area (Å²) in [7, 11) is 0. The van der Waals surface area contributed by atoms with Gasteiger partial charge in [0, 0.05) is 11.6 Å². The molecule has 0 aliphatic rings. The molecule has 0 fully saturated rings. The summed E-state index contributed by atoms with van der Waals surface area (Å²) in [5.41, 5.74) is 8.26. The molecule has 0 heterocycles. The van der Waals surface area contributed by atoms with Crippen LogP contribution in [0.1, 0.15) is 11.1 Å². The van der Waals surface area contributed by atoms with E-state index in [1.54, 1.807) is 0 Å². The van der Waals surface area contributed by atoms with Crippen molar-refractivity contribution in [2.24, 2.45) is 10.7 Å². The number of nitrogens with two attached hydrogens (primary N) is 1. The molecule has 0 aliphatic heterocycles. The Labute approximate surface area is 111 Å². The molecular weight excluding hydrogens is 252 g/mol. The zero-order chi connectivity index (χ0) is 13.5. The third-order valence-electron chi connectivity index (χ3n) is 2.33. The molecule has 0 saturated carbocycles. The molecule has 2 amide bonds. The van der Waals surface area contributed by atoms with Crippen LogP contribution in [0.5, 0.6) is 0 Å². The van der Waals surface area contributed by atoms with Gasteiger partial charge in [-0.1, -0.05) is 18.2 Å². The van der Waals surface area contributed by atoms with E-state index in [-0.39, 0.29) is 5.96 Å². The Morgan fingerprint density at radius 2 is 2.00 bits per heavy atom. The number of nitrogens with one attached hydrogen (secondary N) is 2. The number of halogens is 1. The number of nitrogens with zero attached hydrogens (tertiary/aromatic N) is 1. The summed E-state index contributed by atoms with van der Waals surface area (Å²) in [5.74, 6) is 0.417. The van der Waals surface area contributed by atoms with Gasteiger partial charge in [-0.15, -0.1) is 11.6 Å². The summed E-state index contributed by atoms with van der Waals surface area (Å²) in [6, 6.07) is 5.37. The predicted octanol–water partition coefficient (Wildman–Crippen LogP) is 1.98. The molecule has 6 heteroatoms. The van der Waals surface area contributed by atoms with Crippen LogP contribution in [0.25, 0.3) is 0 Å². The van der Waals surface area contributed by atoms with Crippen LogP contribution in [0.2, 0.25) is 0 Å². The molecule has 0 bridgehead atoms. The minimum absolute atomic E-state index is 0.0550. The quantitative estimate of drug-likeness (QED) is 0.445. The van der Waals surface area contributed by atoms with E-state index in [0.29, 0.717) is 12.4 Å². The normalized spacial score (nSPS) is 11.2. The Bertz CT molecular complexity index is 439. The highest BCUT2D eigenvalue weighted by Gasteiger charge is 2.07. The number of para-hydroxylation sites is 1. The fourth-order valence-electron chi connectivity index (χ4n) is 1.47. The number of carbonyl (C=O) groups is 1. The average Bonchev–Trinajstić information content (AvgIpc) is 2.31. The lowest BCUT2D eigenvalue weighted by atomic mass is 10.1. The summed E-state index contributed by atoms with van der Waals surface area (Å²) in [4.78, 5) is 15.5. The lowest BCUT2D eigenvalue weighted by Gasteiger charge is -2.11. The van der Waals surface area contributed by atoms with Crippen molar-refractivity contribution in [1.82, 2.24) is 5.32 Å². The van der Waals surface area contributed by atoms with Crippen LogP contribution in [0, 0.1) is 13.8 Å². The molecule has 0 aliphatic carbocycles. The fourth-order valence-corrected chi connectivity index (χ4v) is 1.56. The molecule has 5 nitrogen and oxygen atoms in total. The molecule has 1 aromatic carbocycles. The van der Waals surface area contributed by atoms with Crippen molar-refractivity contribution in [3.8, 4) is 0 Å². The number of carbonyl (C=O) groups excluding carboxylic acids is 1. The van der Waals surface area contributed by atoms with Gasteiger partial charge in [-0.2, -0.15) is 0 Å². The third kappa shape index (κ3) is 4.25. The molecule has 1 rings (SSSR count). The zero-order valence-electron chi connectivity index (χ0n) is 10.5. The van der Waals surface area contributed by atoms with E-state index in [1.807, 2.05) is 32.0 Å². The number of amides is 2. The summed E-state index contributed by atoms with van der Waals surface area (Å²) in [6.07, 6.45) is 0. The topological polar surface area (TPSA) is 79.5 Å². The van der Waals surface area contributed by atoms with Crippen molar-refractivity contribution < 1.29 is 4.79 Å². The lowest BCUT2D eigenvalue weighted by molar-refractivity contribution is 0.256. The zero-order valence-corrected chi connectivity index (χ0v) is 11.2. The number of aliphatic imine (C=N–C) groups is 1. The second kappa shape index (κ2) is 6.86. The number of benzene rings is 1. The van der Waals surface area contributed by atoms with Crippen molar-refractivity contribution in [2.75, 3.05) is 17.7 Å². The van der Waals surface area contributed by atoms with Crippen LogP contribution < -0.4 is 16.4 Å². The van der Waals surface area contributed by atoms with Gasteiger partial charge in [0.1, 0.15) is 0 Å². The number of rotatable bonds is 3. The van der Waals surface area contributed by atoms with Gasteiger partial charge in [0.05, 0.1) is 6.54 Å². The number of anilines is 1. The summed E-state index contributed by atoms with van der Waals surface area (Å²) in [5, 5.41) is 5.18. The Balaban J connectivity index is 2.65. The average molecular weight is 269 g/mol. The molecule has 0 unspecified atom stereocenters. The lowest BCUT2D eigenvalue weighted by Crippen LogP contribution is -2.40. The number of hydrogen-bond acceptors (Lipinski definition) is 2. The molecule has 18 heavy (non-hydrogen) atoms. The van der Waals surface area contributed by atoms with Gasteiger partial charge >= 0.3 is 6.03 Å². The minimum atomic E-state index is -0.414. The molecule has 98 valence electrons. The largest absolute Gasteiger partial charge is 0.370 e. The first-order valence-electron chi connectivity index (χ1n) is 5.54. The van der Waals surface area contributed by atoms with Gasteiger partial charge in [0.2, 0.25) is 0 Å². The van der Waals surface area contributed by atoms with Gasteiger partial charge < -0.3 is 11.1 Å². The number of hydrogen-bond donors (Lipinski definition) is 3. The SMILES string of the molecule is Cc1cccc(C)c1NC(=O)NC(N)=NCCCl. The van der Waals surface area contributed by atoms with E-state index in [9.17, 15) is 4.79 Å². The molecule has 4 N–H and O–H groups in total. The summed E-state index contributed by atoms with van der Waals surface area (Å²) in [6.45, 7) is 4.22. The minimum Gasteiger partial charge on any atom is -0.370 e. The highest BCUT2D eigenvalue weighted by Crippen LogP contribution is 2.18. The second-order valence-corrected chi connectivity index (χ2v) is 4.18. The van der Waals surface area contributed by atoms with E-state index in [0.717, 1.165) is 16.8 Å². The molecule has 1 aromatic rings. The maximum Gasteiger partial charge on any atom is 0.326 e. The number of aryl methyl sites for hydroxylation is 2. The first kappa shape index (κ1) is 14.3. The smallest absolute Gasteiger partial charge is 0.326 e. The predicted molar refractivity (Wildman–Crippen MR) is 75.3 cm³/mol. The molecule has 0 saturated heterocycles. The van der Waals surface area contributed by atoms with Crippen molar-refractivity contribution >= 4 is 29.3 Å². The number of guanidine groups is 1. The van der Waals surface area contributed by atoms with Gasteiger partial charge in [-0.25, -0.2) is 4.79 Å². The summed E-state index contributed by atoms with van der Waals surface area (Å²) < 4.78 is 0. The Kier molecular flexibility index (Phi) is 5.45. The van der Waals surface area contributed by atoms with Crippen molar-refractivity contribution in [3.63, 3.8) is 0 Å². The van der Waals surface area contributed by atoms with Crippen LogP contribution in [-0.4, -0.2) is 24.4 Å². The Morgan fingerprint density at radius 1 is 1.39 bits per heavy atom. The van der Waals surface area contributed by atoms with Crippen molar-refractivity contribution in [1.29, 1.82) is 0 Å². The first-order chi connectivity index (χ1) is 8.54. The maximum absolute atomic E-state index is 11.7. The standard InChI is InChI=1S/C12H17ClN4O/c1-8-4-3-5-9(2)10(8)16-12(18)17-11(14)15-7-6-13/h3-5H,6-7H2,1-2H3,(H4,14,15,16,17,18). The molecule has 0 radical (unpaired) electrons. The molecule has 0 atom stereocenters. The number of urea groups is 1. The van der Waals surface area contributed by atoms with Gasteiger partial charge in [0.25, 0.3) is 0 Å². The fraction of sp³-hybridized carbons (Fsp3) is 0.333. The number of alkyl halides is 1. The van der Waals surface area contributed by atoms with Crippen molar-refractivity contribution in [2.45, 2.75) is 13.8 Å². The van der Waals surface area contributed by atoms with Crippen LogP contribution in [-0.2, 0) is 0 Å². The molecular formula is C12H17ClN4O. The second-order valence-electron chi connectivity index (χ2n) is 3.80. The van der Waals surface area contributed by atoms with Gasteiger partial charge in [0.15, 0.2) is 5.96 Å². The van der Waals surface area contributed by atoms with E-state index >= 15 is 0 Å². The van der Waals surface area contributed by atoms with E-state index in [4.69, 9.17) is 17.3 Å². The van der Waals surface area contributed by atoms with E-state index in [1.165, 1.54) is 0 Å². The van der Waals surface area contributed by atoms with E-state index < -0.39 is 6.03 Å². The van der Waals surface area contributed by atoms with Gasteiger partial charge in [-0.3, -0.25) is 10.3 Å². The Hall–Kier alpha value is -1.75. The van der Waals surface area contributed by atoms with Crippen LogP contribution in [0.3, 0.4) is 0 Å². The summed E-state index contributed by atoms with van der Waals surface area (Å²) >= 11 is 5.46. The monoisotopic (exact) mass is 268 g/mol. The van der Waals surface area contributed by atoms with Crippen LogP contribution in [0.15, 0.2) is 23.2 Å². The van der Waals surface area contributed by atoms with Gasteiger partial charge in [-0.05, 0) is 25.0 Å². The highest BCUT2D eigenvalue weighted by atomic mass is 35.5. The van der Waals surface area contributed by atoms with Crippen LogP contribution in [0.4, 0.5) is 10.5 Å². The van der Waals surface area contributed by atoms with Crippen molar-refractivity contribution in [3.05, 3.63) is 29.3 Å². The first-order valence-corrected chi connectivity index (χ1v) is 6.08. The van der Waals surface area contributed by atoms with Crippen LogP contribution >= 0.6 is 11.6 Å². The third-order valence-corrected chi connectivity index (χ3v) is 2.50. The molecule has 0 spiro atoms. The highest BCUT2D eigenvalue weighted by molar-refractivity contribution is 6.18. The molecule has 0 aromatic heterocycles.